The summed E-state index contributed by atoms with van der Waals surface area (Å²) in [4.78, 5) is 17.8. The number of piperidine rings is 1. The molecule has 7 nitrogen and oxygen atoms in total. The first-order valence-electron chi connectivity index (χ1n) is 6.73. The smallest absolute Gasteiger partial charge is 0.356 e. The summed E-state index contributed by atoms with van der Waals surface area (Å²) in [5.41, 5.74) is 6.83. The molecule has 0 saturated carbocycles. The molecule has 2 aromatic heterocycles. The lowest BCUT2D eigenvalue weighted by atomic mass is 10.0. The van der Waals surface area contributed by atoms with Gasteiger partial charge in [-0.25, -0.2) is 9.31 Å². The van der Waals surface area contributed by atoms with Crippen LogP contribution in [0.4, 0.5) is 11.6 Å². The quantitative estimate of drug-likeness (QED) is 0.859. The van der Waals surface area contributed by atoms with Crippen LogP contribution in [-0.2, 0) is 0 Å². The van der Waals surface area contributed by atoms with E-state index in [4.69, 9.17) is 5.73 Å². The number of hydrogen-bond donors (Lipinski definition) is 2. The highest BCUT2D eigenvalue weighted by Crippen LogP contribution is 2.28. The number of pyridine rings is 1. The van der Waals surface area contributed by atoms with Crippen molar-refractivity contribution in [3.05, 3.63) is 17.8 Å². The van der Waals surface area contributed by atoms with Gasteiger partial charge in [-0.2, -0.15) is 4.98 Å². The monoisotopic (exact) mass is 275 g/mol. The molecular formula is C13H17N5O2. The van der Waals surface area contributed by atoms with E-state index >= 15 is 0 Å². The van der Waals surface area contributed by atoms with Gasteiger partial charge in [0, 0.05) is 12.6 Å². The number of rotatable bonds is 2. The highest BCUT2D eigenvalue weighted by atomic mass is 16.4. The maximum atomic E-state index is 11.6. The fraction of sp³-hybridized carbons (Fsp3) is 0.462. The third kappa shape index (κ3) is 1.95. The van der Waals surface area contributed by atoms with Crippen LogP contribution in [0.3, 0.4) is 0 Å². The number of hydrogen-bond acceptors (Lipinski definition) is 5. The van der Waals surface area contributed by atoms with E-state index in [2.05, 4.69) is 21.9 Å². The van der Waals surface area contributed by atoms with Crippen LogP contribution in [0.15, 0.2) is 12.1 Å². The van der Waals surface area contributed by atoms with Crippen LogP contribution in [0.1, 0.15) is 36.7 Å². The number of anilines is 2. The normalized spacial score (nSPS) is 19.4. The Morgan fingerprint density at radius 3 is 2.95 bits per heavy atom. The van der Waals surface area contributed by atoms with Gasteiger partial charge in [0.2, 0.25) is 5.95 Å². The molecule has 1 aliphatic heterocycles. The molecule has 0 radical (unpaired) electrons. The Morgan fingerprint density at radius 2 is 2.25 bits per heavy atom. The van der Waals surface area contributed by atoms with Gasteiger partial charge in [0.15, 0.2) is 11.3 Å². The Morgan fingerprint density at radius 1 is 1.45 bits per heavy atom. The number of aromatic nitrogens is 3. The molecule has 1 fully saturated rings. The largest absolute Gasteiger partial charge is 0.476 e. The standard InChI is InChI=1S/C13H17N5O2/c1-8-4-2-3-7-17(8)9-5-6-10-15-13(14)16-18(10)11(9)12(19)20/h5-6,8H,2-4,7H2,1H3,(H2,14,16)(H,19,20). The highest BCUT2D eigenvalue weighted by molar-refractivity contribution is 5.93. The van der Waals surface area contributed by atoms with Crippen LogP contribution in [0.25, 0.3) is 5.65 Å². The Bertz CT molecular complexity index is 666. The minimum Gasteiger partial charge on any atom is -0.476 e. The fourth-order valence-electron chi connectivity index (χ4n) is 2.84. The predicted molar refractivity (Wildman–Crippen MR) is 75.0 cm³/mol. The molecule has 0 spiro atoms. The first-order chi connectivity index (χ1) is 9.58. The van der Waals surface area contributed by atoms with Crippen LogP contribution in [0.2, 0.25) is 0 Å². The molecule has 0 amide bonds. The van der Waals surface area contributed by atoms with Crippen molar-refractivity contribution >= 4 is 23.3 Å². The predicted octanol–water partition coefficient (Wildman–Crippen LogP) is 1.39. The molecular weight excluding hydrogens is 258 g/mol. The summed E-state index contributed by atoms with van der Waals surface area (Å²) in [5, 5.41) is 13.5. The molecule has 0 bridgehead atoms. The van der Waals surface area contributed by atoms with Crippen molar-refractivity contribution in [3.63, 3.8) is 0 Å². The van der Waals surface area contributed by atoms with Crippen molar-refractivity contribution in [1.29, 1.82) is 0 Å². The molecule has 1 saturated heterocycles. The summed E-state index contributed by atoms with van der Waals surface area (Å²) in [6.45, 7) is 2.97. The molecule has 0 aromatic carbocycles. The lowest BCUT2D eigenvalue weighted by molar-refractivity contribution is 0.0688. The summed E-state index contributed by atoms with van der Waals surface area (Å²) in [6, 6.07) is 3.88. The van der Waals surface area contributed by atoms with E-state index in [0.29, 0.717) is 17.4 Å². The number of aromatic carboxylic acids is 1. The van der Waals surface area contributed by atoms with Crippen LogP contribution in [0, 0.1) is 0 Å². The summed E-state index contributed by atoms with van der Waals surface area (Å²) in [5.74, 6) is -0.940. The van der Waals surface area contributed by atoms with Crippen molar-refractivity contribution in [2.45, 2.75) is 32.2 Å². The molecule has 3 N–H and O–H groups in total. The van der Waals surface area contributed by atoms with Crippen molar-refractivity contribution in [1.82, 2.24) is 14.6 Å². The van der Waals surface area contributed by atoms with Crippen molar-refractivity contribution < 1.29 is 9.90 Å². The van der Waals surface area contributed by atoms with E-state index in [1.807, 2.05) is 0 Å². The minimum absolute atomic E-state index is 0.0799. The summed E-state index contributed by atoms with van der Waals surface area (Å²) < 4.78 is 1.31. The van der Waals surface area contributed by atoms with Crippen molar-refractivity contribution in [2.24, 2.45) is 0 Å². The van der Waals surface area contributed by atoms with Gasteiger partial charge in [-0.05, 0) is 38.3 Å². The van der Waals surface area contributed by atoms with E-state index in [1.54, 1.807) is 12.1 Å². The van der Waals surface area contributed by atoms with Crippen LogP contribution >= 0.6 is 0 Å². The topological polar surface area (TPSA) is 96.8 Å². The van der Waals surface area contributed by atoms with Gasteiger partial charge >= 0.3 is 5.97 Å². The number of fused-ring (bicyclic) bond motifs is 1. The zero-order valence-electron chi connectivity index (χ0n) is 11.3. The lowest BCUT2D eigenvalue weighted by Crippen LogP contribution is -2.38. The lowest BCUT2D eigenvalue weighted by Gasteiger charge is -2.36. The molecule has 106 valence electrons. The molecule has 2 aromatic rings. The van der Waals surface area contributed by atoms with E-state index in [9.17, 15) is 9.90 Å². The highest BCUT2D eigenvalue weighted by Gasteiger charge is 2.26. The van der Waals surface area contributed by atoms with Crippen LogP contribution in [0.5, 0.6) is 0 Å². The third-order valence-electron chi connectivity index (χ3n) is 3.81. The van der Waals surface area contributed by atoms with E-state index in [1.165, 1.54) is 10.9 Å². The van der Waals surface area contributed by atoms with E-state index in [0.717, 1.165) is 19.4 Å². The zero-order valence-corrected chi connectivity index (χ0v) is 11.3. The number of carbonyl (C=O) groups is 1. The number of carboxylic acid groups (broad SMARTS) is 1. The van der Waals surface area contributed by atoms with E-state index < -0.39 is 5.97 Å². The van der Waals surface area contributed by atoms with Crippen molar-refractivity contribution in [3.8, 4) is 0 Å². The van der Waals surface area contributed by atoms with Gasteiger partial charge in [0.25, 0.3) is 0 Å². The minimum atomic E-state index is -1.02. The maximum absolute atomic E-state index is 11.6. The average molecular weight is 275 g/mol. The van der Waals surface area contributed by atoms with Gasteiger partial charge in [0.05, 0.1) is 5.69 Å². The molecule has 1 aliphatic rings. The van der Waals surface area contributed by atoms with Gasteiger partial charge in [-0.1, -0.05) is 0 Å². The summed E-state index contributed by atoms with van der Waals surface area (Å²) >= 11 is 0. The van der Waals surface area contributed by atoms with E-state index in [-0.39, 0.29) is 11.6 Å². The average Bonchev–Trinajstić information content (AvgIpc) is 2.78. The number of nitrogen functional groups attached to an aromatic ring is 1. The molecule has 7 heteroatoms. The van der Waals surface area contributed by atoms with Gasteiger partial charge in [-0.3, -0.25) is 0 Å². The number of nitrogens with two attached hydrogens (primary N) is 1. The summed E-state index contributed by atoms with van der Waals surface area (Å²) in [7, 11) is 0. The van der Waals surface area contributed by atoms with Gasteiger partial charge in [0.1, 0.15) is 0 Å². The molecule has 0 aliphatic carbocycles. The molecule has 1 unspecified atom stereocenters. The second kappa shape index (κ2) is 4.66. The molecule has 3 heterocycles. The zero-order chi connectivity index (χ0) is 14.3. The van der Waals surface area contributed by atoms with Crippen molar-refractivity contribution in [2.75, 3.05) is 17.2 Å². The third-order valence-corrected chi connectivity index (χ3v) is 3.81. The summed E-state index contributed by atoms with van der Waals surface area (Å²) in [6.07, 6.45) is 3.32. The molecule has 20 heavy (non-hydrogen) atoms. The second-order valence-electron chi connectivity index (χ2n) is 5.15. The Labute approximate surface area is 116 Å². The first-order valence-corrected chi connectivity index (χ1v) is 6.73. The Hall–Kier alpha value is -2.31. The van der Waals surface area contributed by atoms with Gasteiger partial charge < -0.3 is 15.7 Å². The maximum Gasteiger partial charge on any atom is 0.356 e. The first kappa shape index (κ1) is 12.7. The van der Waals surface area contributed by atoms with Crippen LogP contribution in [-0.4, -0.2) is 38.3 Å². The Balaban J connectivity index is 2.19. The number of nitrogens with zero attached hydrogens (tertiary/aromatic N) is 4. The SMILES string of the molecule is CC1CCCCN1c1ccc2nc(N)nn2c1C(=O)O. The Kier molecular flexibility index (Phi) is 2.96. The number of carboxylic acids is 1. The molecule has 3 rings (SSSR count). The molecule has 1 atom stereocenters. The second-order valence-corrected chi connectivity index (χ2v) is 5.15. The fourth-order valence-corrected chi connectivity index (χ4v) is 2.84. The van der Waals surface area contributed by atoms with Gasteiger partial charge in [-0.15, -0.1) is 5.10 Å². The van der Waals surface area contributed by atoms with Crippen LogP contribution < -0.4 is 10.6 Å².